The lowest BCUT2D eigenvalue weighted by Gasteiger charge is -2.24. The van der Waals surface area contributed by atoms with E-state index in [-0.39, 0.29) is 5.91 Å². The zero-order chi connectivity index (χ0) is 15.9. The molecule has 0 spiro atoms. The van der Waals surface area contributed by atoms with E-state index in [4.69, 9.17) is 4.98 Å². The molecule has 1 N–H and O–H groups in total. The normalized spacial score (nSPS) is 13.1. The summed E-state index contributed by atoms with van der Waals surface area (Å²) in [6, 6.07) is 5.53. The predicted molar refractivity (Wildman–Crippen MR) is 88.2 cm³/mol. The summed E-state index contributed by atoms with van der Waals surface area (Å²) in [4.78, 5) is 25.5. The minimum atomic E-state index is -0.150. The van der Waals surface area contributed by atoms with Crippen LogP contribution in [0.2, 0.25) is 0 Å². The lowest BCUT2D eigenvalue weighted by atomic mass is 10.2. The Morgan fingerprint density at radius 2 is 2.09 bits per heavy atom. The number of hydrogen-bond acceptors (Lipinski definition) is 5. The molecule has 1 amide bonds. The molecule has 0 saturated carbocycles. The fourth-order valence-corrected chi connectivity index (χ4v) is 2.59. The van der Waals surface area contributed by atoms with Gasteiger partial charge in [0.15, 0.2) is 5.82 Å². The van der Waals surface area contributed by atoms with Gasteiger partial charge in [-0.15, -0.1) is 0 Å². The Morgan fingerprint density at radius 1 is 1.32 bits per heavy atom. The first-order chi connectivity index (χ1) is 10.5. The summed E-state index contributed by atoms with van der Waals surface area (Å²) in [5, 5.41) is 2.98. The van der Waals surface area contributed by atoms with Gasteiger partial charge in [0.2, 0.25) is 0 Å². The smallest absolute Gasteiger partial charge is 0.259 e. The van der Waals surface area contributed by atoms with Crippen molar-refractivity contribution in [2.75, 3.05) is 35.8 Å². The number of rotatable bonds is 2. The first kappa shape index (κ1) is 14.3. The van der Waals surface area contributed by atoms with E-state index in [0.29, 0.717) is 17.9 Å². The van der Waals surface area contributed by atoms with Crippen LogP contribution in [0.4, 0.5) is 23.1 Å². The number of nitrogens with one attached hydrogen (secondary N) is 1. The molecule has 0 saturated heterocycles. The van der Waals surface area contributed by atoms with E-state index >= 15 is 0 Å². The fourth-order valence-electron chi connectivity index (χ4n) is 2.59. The number of pyridine rings is 2. The molecule has 0 radical (unpaired) electrons. The van der Waals surface area contributed by atoms with Crippen molar-refractivity contribution in [1.29, 1.82) is 0 Å². The number of nitrogens with zero attached hydrogens (tertiary/aromatic N) is 4. The molecule has 2 aromatic heterocycles. The Balaban J connectivity index is 2.28. The van der Waals surface area contributed by atoms with Crippen LogP contribution in [0.5, 0.6) is 0 Å². The van der Waals surface area contributed by atoms with E-state index in [9.17, 15) is 4.79 Å². The number of aromatic nitrogens is 2. The second kappa shape index (κ2) is 5.29. The number of hydrogen-bond donors (Lipinski definition) is 1. The zero-order valence-electron chi connectivity index (χ0n) is 13.2. The van der Waals surface area contributed by atoms with Gasteiger partial charge >= 0.3 is 0 Å². The molecule has 0 bridgehead atoms. The highest BCUT2D eigenvalue weighted by Crippen LogP contribution is 2.38. The second-order valence-corrected chi connectivity index (χ2v) is 5.46. The minimum Gasteiger partial charge on any atom is -0.363 e. The highest BCUT2D eigenvalue weighted by molar-refractivity contribution is 6.11. The first-order valence-electron chi connectivity index (χ1n) is 7.25. The van der Waals surface area contributed by atoms with Gasteiger partial charge in [-0.05, 0) is 37.6 Å². The molecule has 3 heterocycles. The molecule has 2 aromatic rings. The summed E-state index contributed by atoms with van der Waals surface area (Å²) in [6.45, 7) is 4.68. The van der Waals surface area contributed by atoms with E-state index in [0.717, 1.165) is 22.9 Å². The molecule has 0 unspecified atom stereocenters. The SMILES string of the molecule is CCN1c2ncccc2C(=O)Nc2c(C)cc(N(C)C)nc21. The Bertz CT molecular complexity index is 741. The van der Waals surface area contributed by atoms with Crippen LogP contribution < -0.4 is 15.1 Å². The molecule has 22 heavy (non-hydrogen) atoms. The average molecular weight is 297 g/mol. The molecular weight excluding hydrogens is 278 g/mol. The predicted octanol–water partition coefficient (Wildman–Crippen LogP) is 2.57. The molecule has 0 fully saturated rings. The van der Waals surface area contributed by atoms with Crippen LogP contribution in [0.25, 0.3) is 0 Å². The fraction of sp³-hybridized carbons (Fsp3) is 0.312. The van der Waals surface area contributed by atoms with E-state index in [2.05, 4.69) is 10.3 Å². The second-order valence-electron chi connectivity index (χ2n) is 5.46. The van der Waals surface area contributed by atoms with Gasteiger partial charge in [-0.3, -0.25) is 4.79 Å². The van der Waals surface area contributed by atoms with Crippen LogP contribution in [-0.2, 0) is 0 Å². The topological polar surface area (TPSA) is 61.4 Å². The molecule has 1 aliphatic rings. The van der Waals surface area contributed by atoms with Gasteiger partial charge in [0.25, 0.3) is 5.91 Å². The maximum atomic E-state index is 12.5. The summed E-state index contributed by atoms with van der Waals surface area (Å²) >= 11 is 0. The Labute approximate surface area is 129 Å². The number of amides is 1. The highest BCUT2D eigenvalue weighted by atomic mass is 16.1. The molecule has 114 valence electrons. The zero-order valence-corrected chi connectivity index (χ0v) is 13.2. The van der Waals surface area contributed by atoms with Crippen molar-refractivity contribution in [3.05, 3.63) is 35.5 Å². The van der Waals surface area contributed by atoms with Crippen molar-refractivity contribution in [3.8, 4) is 0 Å². The van der Waals surface area contributed by atoms with Crippen LogP contribution in [0.3, 0.4) is 0 Å². The van der Waals surface area contributed by atoms with Crippen LogP contribution in [0.15, 0.2) is 24.4 Å². The van der Waals surface area contributed by atoms with E-state index in [1.54, 1.807) is 18.3 Å². The Hall–Kier alpha value is -2.63. The van der Waals surface area contributed by atoms with E-state index in [1.165, 1.54) is 0 Å². The lowest BCUT2D eigenvalue weighted by Crippen LogP contribution is -2.21. The van der Waals surface area contributed by atoms with Crippen molar-refractivity contribution in [1.82, 2.24) is 9.97 Å². The molecule has 0 atom stereocenters. The number of aryl methyl sites for hydroxylation is 1. The maximum absolute atomic E-state index is 12.5. The van der Waals surface area contributed by atoms with Crippen LogP contribution >= 0.6 is 0 Å². The van der Waals surface area contributed by atoms with Gasteiger partial charge in [-0.1, -0.05) is 0 Å². The van der Waals surface area contributed by atoms with Gasteiger partial charge < -0.3 is 15.1 Å². The van der Waals surface area contributed by atoms with Crippen molar-refractivity contribution in [2.45, 2.75) is 13.8 Å². The standard InChI is InChI=1S/C16H19N5O/c1-5-21-14-11(7-6-8-17-14)16(22)19-13-10(2)9-12(20(3)4)18-15(13)21/h6-9H,5H2,1-4H3,(H,19,22). The summed E-state index contributed by atoms with van der Waals surface area (Å²) in [7, 11) is 3.90. The molecular formula is C16H19N5O. The van der Waals surface area contributed by atoms with Crippen LogP contribution in [-0.4, -0.2) is 36.5 Å². The number of carbonyl (C=O) groups is 1. The summed E-state index contributed by atoms with van der Waals surface area (Å²) in [5.74, 6) is 2.08. The maximum Gasteiger partial charge on any atom is 0.259 e. The van der Waals surface area contributed by atoms with Crippen molar-refractivity contribution >= 4 is 29.0 Å². The van der Waals surface area contributed by atoms with E-state index < -0.39 is 0 Å². The molecule has 0 aromatic carbocycles. The minimum absolute atomic E-state index is 0.150. The van der Waals surface area contributed by atoms with Crippen LogP contribution in [0.1, 0.15) is 22.8 Å². The monoisotopic (exact) mass is 297 g/mol. The van der Waals surface area contributed by atoms with Gasteiger partial charge in [-0.2, -0.15) is 0 Å². The summed E-state index contributed by atoms with van der Waals surface area (Å²) in [5.41, 5.74) is 2.29. The lowest BCUT2D eigenvalue weighted by molar-refractivity contribution is 0.102. The van der Waals surface area contributed by atoms with Gasteiger partial charge in [0.05, 0.1) is 11.3 Å². The molecule has 6 heteroatoms. The third-order valence-electron chi connectivity index (χ3n) is 3.74. The number of carbonyl (C=O) groups excluding carboxylic acids is 1. The van der Waals surface area contributed by atoms with Crippen molar-refractivity contribution in [3.63, 3.8) is 0 Å². The number of fused-ring (bicyclic) bond motifs is 2. The summed E-state index contributed by atoms with van der Waals surface area (Å²) < 4.78 is 0. The molecule has 1 aliphatic heterocycles. The molecule has 6 nitrogen and oxygen atoms in total. The third-order valence-corrected chi connectivity index (χ3v) is 3.74. The third kappa shape index (κ3) is 2.16. The van der Waals surface area contributed by atoms with Crippen molar-refractivity contribution < 1.29 is 4.79 Å². The average Bonchev–Trinajstić information content (AvgIpc) is 2.62. The molecule has 3 rings (SSSR count). The van der Waals surface area contributed by atoms with Gasteiger partial charge in [0, 0.05) is 26.8 Å². The number of anilines is 4. The van der Waals surface area contributed by atoms with E-state index in [1.807, 2.05) is 43.8 Å². The van der Waals surface area contributed by atoms with Crippen LogP contribution in [0, 0.1) is 6.92 Å². The van der Waals surface area contributed by atoms with Crippen molar-refractivity contribution in [2.24, 2.45) is 0 Å². The highest BCUT2D eigenvalue weighted by Gasteiger charge is 2.28. The Morgan fingerprint density at radius 3 is 2.77 bits per heavy atom. The largest absolute Gasteiger partial charge is 0.363 e. The Kier molecular flexibility index (Phi) is 3.44. The summed E-state index contributed by atoms with van der Waals surface area (Å²) in [6.07, 6.45) is 1.70. The van der Waals surface area contributed by atoms with Gasteiger partial charge in [-0.25, -0.2) is 9.97 Å². The first-order valence-corrected chi connectivity index (χ1v) is 7.25. The quantitative estimate of drug-likeness (QED) is 0.923. The van der Waals surface area contributed by atoms with Gasteiger partial charge in [0.1, 0.15) is 11.6 Å². The molecule has 0 aliphatic carbocycles.